The SMILES string of the molecule is COc1ccc(OC)c(C(O)CNC(=O)C2(N)CCCC2)c1. The number of aliphatic hydroxyl groups is 1. The molecular formula is C16H24N2O4. The van der Waals surface area contributed by atoms with Gasteiger partial charge < -0.3 is 25.6 Å². The number of hydrogen-bond donors (Lipinski definition) is 3. The molecule has 1 atom stereocenters. The van der Waals surface area contributed by atoms with E-state index in [1.807, 2.05) is 0 Å². The molecule has 1 aliphatic carbocycles. The summed E-state index contributed by atoms with van der Waals surface area (Å²) in [4.78, 5) is 12.2. The Morgan fingerprint density at radius 1 is 1.36 bits per heavy atom. The maximum Gasteiger partial charge on any atom is 0.240 e. The molecule has 1 unspecified atom stereocenters. The molecule has 122 valence electrons. The van der Waals surface area contributed by atoms with Crippen LogP contribution in [0.15, 0.2) is 18.2 Å². The van der Waals surface area contributed by atoms with Gasteiger partial charge in [-0.05, 0) is 31.0 Å². The second kappa shape index (κ2) is 6.98. The molecule has 1 fully saturated rings. The monoisotopic (exact) mass is 308 g/mol. The van der Waals surface area contributed by atoms with E-state index in [0.717, 1.165) is 12.8 Å². The fraction of sp³-hybridized carbons (Fsp3) is 0.562. The highest BCUT2D eigenvalue weighted by Gasteiger charge is 2.37. The first kappa shape index (κ1) is 16.6. The summed E-state index contributed by atoms with van der Waals surface area (Å²) < 4.78 is 10.4. The third-order valence-corrected chi connectivity index (χ3v) is 4.20. The maximum atomic E-state index is 12.2. The fourth-order valence-electron chi connectivity index (χ4n) is 2.81. The molecule has 1 aromatic carbocycles. The average Bonchev–Trinajstić information content (AvgIpc) is 2.99. The number of aliphatic hydroxyl groups excluding tert-OH is 1. The van der Waals surface area contributed by atoms with Gasteiger partial charge in [0.05, 0.1) is 25.9 Å². The Morgan fingerprint density at radius 2 is 2.05 bits per heavy atom. The molecule has 0 bridgehead atoms. The number of nitrogens with one attached hydrogen (secondary N) is 1. The van der Waals surface area contributed by atoms with Gasteiger partial charge in [-0.3, -0.25) is 4.79 Å². The van der Waals surface area contributed by atoms with Gasteiger partial charge in [0.1, 0.15) is 11.5 Å². The third-order valence-electron chi connectivity index (χ3n) is 4.20. The zero-order valence-electron chi connectivity index (χ0n) is 13.1. The first-order valence-corrected chi connectivity index (χ1v) is 7.47. The van der Waals surface area contributed by atoms with E-state index in [1.165, 1.54) is 7.11 Å². The van der Waals surface area contributed by atoms with Crippen LogP contribution in [-0.2, 0) is 4.79 Å². The molecule has 1 aromatic rings. The zero-order valence-corrected chi connectivity index (χ0v) is 13.1. The van der Waals surface area contributed by atoms with Crippen molar-refractivity contribution in [1.29, 1.82) is 0 Å². The minimum Gasteiger partial charge on any atom is -0.497 e. The van der Waals surface area contributed by atoms with Gasteiger partial charge in [-0.15, -0.1) is 0 Å². The van der Waals surface area contributed by atoms with Gasteiger partial charge in [0.25, 0.3) is 0 Å². The molecule has 0 spiro atoms. The number of carbonyl (C=O) groups excluding carboxylic acids is 1. The molecule has 2 rings (SSSR count). The van der Waals surface area contributed by atoms with Crippen molar-refractivity contribution in [2.24, 2.45) is 5.73 Å². The number of methoxy groups -OCH3 is 2. The highest BCUT2D eigenvalue weighted by molar-refractivity contribution is 5.86. The lowest BCUT2D eigenvalue weighted by molar-refractivity contribution is -0.126. The van der Waals surface area contributed by atoms with Gasteiger partial charge >= 0.3 is 0 Å². The van der Waals surface area contributed by atoms with Gasteiger partial charge in [0.2, 0.25) is 5.91 Å². The smallest absolute Gasteiger partial charge is 0.240 e. The lowest BCUT2D eigenvalue weighted by Gasteiger charge is -2.24. The topological polar surface area (TPSA) is 93.8 Å². The lowest BCUT2D eigenvalue weighted by Crippen LogP contribution is -2.52. The number of nitrogens with two attached hydrogens (primary N) is 1. The van der Waals surface area contributed by atoms with Crippen LogP contribution >= 0.6 is 0 Å². The van der Waals surface area contributed by atoms with Crippen molar-refractivity contribution in [3.8, 4) is 11.5 Å². The Morgan fingerprint density at radius 3 is 2.64 bits per heavy atom. The summed E-state index contributed by atoms with van der Waals surface area (Å²) in [5.74, 6) is 0.962. The Bertz CT molecular complexity index is 527. The highest BCUT2D eigenvalue weighted by Crippen LogP contribution is 2.30. The summed E-state index contributed by atoms with van der Waals surface area (Å²) in [7, 11) is 3.09. The third kappa shape index (κ3) is 3.51. The standard InChI is InChI=1S/C16H24N2O4/c1-21-11-5-6-14(22-2)12(9-11)13(19)10-18-15(20)16(17)7-3-4-8-16/h5-6,9,13,19H,3-4,7-8,10,17H2,1-2H3,(H,18,20). The molecule has 0 aromatic heterocycles. The number of amides is 1. The molecule has 1 saturated carbocycles. The molecule has 1 amide bonds. The van der Waals surface area contributed by atoms with Crippen molar-refractivity contribution in [2.75, 3.05) is 20.8 Å². The van der Waals surface area contributed by atoms with Gasteiger partial charge in [-0.1, -0.05) is 12.8 Å². The van der Waals surface area contributed by atoms with Crippen molar-refractivity contribution >= 4 is 5.91 Å². The van der Waals surface area contributed by atoms with Crippen LogP contribution in [-0.4, -0.2) is 37.3 Å². The van der Waals surface area contributed by atoms with Crippen molar-refractivity contribution in [1.82, 2.24) is 5.32 Å². The van der Waals surface area contributed by atoms with Crippen LogP contribution in [0.4, 0.5) is 0 Å². The Balaban J connectivity index is 2.02. The minimum atomic E-state index is -0.890. The summed E-state index contributed by atoms with van der Waals surface area (Å²) in [5, 5.41) is 13.1. The zero-order chi connectivity index (χ0) is 16.2. The van der Waals surface area contributed by atoms with Gasteiger partial charge in [0.15, 0.2) is 0 Å². The van der Waals surface area contributed by atoms with Gasteiger partial charge in [-0.25, -0.2) is 0 Å². The first-order chi connectivity index (χ1) is 10.5. The Labute approximate surface area is 130 Å². The molecule has 0 radical (unpaired) electrons. The van der Waals surface area contributed by atoms with Crippen LogP contribution in [0.5, 0.6) is 11.5 Å². The Kier molecular flexibility index (Phi) is 5.26. The summed E-state index contributed by atoms with van der Waals surface area (Å²) in [6.45, 7) is 0.0846. The summed E-state index contributed by atoms with van der Waals surface area (Å²) in [6, 6.07) is 5.17. The molecule has 0 aliphatic heterocycles. The Hall–Kier alpha value is -1.79. The summed E-state index contributed by atoms with van der Waals surface area (Å²) >= 11 is 0. The second-order valence-electron chi connectivity index (χ2n) is 5.70. The predicted molar refractivity (Wildman–Crippen MR) is 82.9 cm³/mol. The molecule has 0 saturated heterocycles. The van der Waals surface area contributed by atoms with E-state index in [2.05, 4.69) is 5.32 Å². The average molecular weight is 308 g/mol. The van der Waals surface area contributed by atoms with E-state index in [1.54, 1.807) is 25.3 Å². The van der Waals surface area contributed by atoms with Crippen molar-refractivity contribution in [2.45, 2.75) is 37.3 Å². The lowest BCUT2D eigenvalue weighted by atomic mass is 9.98. The molecule has 1 aliphatic rings. The van der Waals surface area contributed by atoms with Crippen molar-refractivity contribution < 1.29 is 19.4 Å². The quantitative estimate of drug-likeness (QED) is 0.732. The van der Waals surface area contributed by atoms with Crippen LogP contribution in [0.2, 0.25) is 0 Å². The number of carbonyl (C=O) groups is 1. The van der Waals surface area contributed by atoms with Crippen LogP contribution in [0.25, 0.3) is 0 Å². The molecule has 22 heavy (non-hydrogen) atoms. The number of hydrogen-bond acceptors (Lipinski definition) is 5. The van der Waals surface area contributed by atoms with Gasteiger partial charge in [0, 0.05) is 12.1 Å². The fourth-order valence-corrected chi connectivity index (χ4v) is 2.81. The van der Waals surface area contributed by atoms with E-state index < -0.39 is 11.6 Å². The summed E-state index contributed by atoms with van der Waals surface area (Å²) in [5.41, 5.74) is 5.87. The second-order valence-corrected chi connectivity index (χ2v) is 5.70. The number of ether oxygens (including phenoxy) is 2. The first-order valence-electron chi connectivity index (χ1n) is 7.47. The predicted octanol–water partition coefficient (Wildman–Crippen LogP) is 1.12. The normalized spacial score (nSPS) is 17.8. The van der Waals surface area contributed by atoms with E-state index in [9.17, 15) is 9.90 Å². The number of rotatable bonds is 6. The molecule has 0 heterocycles. The summed E-state index contributed by atoms with van der Waals surface area (Å²) in [6.07, 6.45) is 2.43. The van der Waals surface area contributed by atoms with E-state index in [0.29, 0.717) is 29.9 Å². The minimum absolute atomic E-state index is 0.0846. The number of benzene rings is 1. The van der Waals surface area contributed by atoms with Crippen LogP contribution in [0.3, 0.4) is 0 Å². The van der Waals surface area contributed by atoms with E-state index in [-0.39, 0.29) is 12.5 Å². The maximum absolute atomic E-state index is 12.2. The largest absolute Gasteiger partial charge is 0.497 e. The van der Waals surface area contributed by atoms with E-state index >= 15 is 0 Å². The van der Waals surface area contributed by atoms with Crippen LogP contribution in [0, 0.1) is 0 Å². The molecule has 6 nitrogen and oxygen atoms in total. The molecule has 6 heteroatoms. The van der Waals surface area contributed by atoms with Crippen molar-refractivity contribution in [3.05, 3.63) is 23.8 Å². The van der Waals surface area contributed by atoms with Gasteiger partial charge in [-0.2, -0.15) is 0 Å². The van der Waals surface area contributed by atoms with Crippen molar-refractivity contribution in [3.63, 3.8) is 0 Å². The van der Waals surface area contributed by atoms with Crippen LogP contribution < -0.4 is 20.5 Å². The molecular weight excluding hydrogens is 284 g/mol. The van der Waals surface area contributed by atoms with Crippen LogP contribution in [0.1, 0.15) is 37.4 Å². The van der Waals surface area contributed by atoms with E-state index in [4.69, 9.17) is 15.2 Å². The highest BCUT2D eigenvalue weighted by atomic mass is 16.5. The molecule has 4 N–H and O–H groups in total.